The first-order chi connectivity index (χ1) is 11.8. The van der Waals surface area contributed by atoms with E-state index in [2.05, 4.69) is 5.32 Å². The average molecular weight is 397 g/mol. The summed E-state index contributed by atoms with van der Waals surface area (Å²) in [7, 11) is 1.63. The number of ether oxygens (including phenoxy) is 1. The number of nitrogens with two attached hydrogens (primary N) is 1. The van der Waals surface area contributed by atoms with Crippen LogP contribution in [0, 0.1) is 12.8 Å². The fourth-order valence-electron chi connectivity index (χ4n) is 2.64. The Morgan fingerprint density at radius 1 is 1.15 bits per heavy atom. The lowest BCUT2D eigenvalue weighted by Gasteiger charge is -2.25. The molecule has 2 aromatic rings. The van der Waals surface area contributed by atoms with Crippen molar-refractivity contribution in [3.63, 3.8) is 0 Å². The molecule has 0 aliphatic carbocycles. The lowest BCUT2D eigenvalue weighted by molar-refractivity contribution is -0.125. The van der Waals surface area contributed by atoms with E-state index in [1.807, 2.05) is 63.2 Å². The van der Waals surface area contributed by atoms with Gasteiger partial charge < -0.3 is 15.8 Å². The maximum Gasteiger partial charge on any atom is 0.225 e. The molecular formula is C20H26Cl2N2O2. The van der Waals surface area contributed by atoms with Gasteiger partial charge in [0, 0.05) is 17.0 Å². The Bertz CT molecular complexity index is 750. The molecule has 0 aliphatic rings. The van der Waals surface area contributed by atoms with E-state index in [1.165, 1.54) is 0 Å². The van der Waals surface area contributed by atoms with E-state index >= 15 is 0 Å². The Hall–Kier alpha value is -1.75. The summed E-state index contributed by atoms with van der Waals surface area (Å²) < 4.78 is 5.28. The molecule has 0 aromatic heterocycles. The largest absolute Gasteiger partial charge is 0.497 e. The van der Waals surface area contributed by atoms with Gasteiger partial charge in [-0.1, -0.05) is 42.8 Å². The zero-order valence-electron chi connectivity index (χ0n) is 15.5. The van der Waals surface area contributed by atoms with Gasteiger partial charge >= 0.3 is 0 Å². The molecule has 3 unspecified atom stereocenters. The summed E-state index contributed by atoms with van der Waals surface area (Å²) in [5.41, 5.74) is 8.72. The number of halogens is 2. The minimum Gasteiger partial charge on any atom is -0.497 e. The number of aryl methyl sites for hydroxylation is 1. The molecular weight excluding hydrogens is 371 g/mol. The molecule has 2 aromatic carbocycles. The Labute approximate surface area is 166 Å². The van der Waals surface area contributed by atoms with Crippen LogP contribution in [0.5, 0.6) is 5.75 Å². The summed E-state index contributed by atoms with van der Waals surface area (Å²) in [6, 6.07) is 12.7. The van der Waals surface area contributed by atoms with Crippen LogP contribution < -0.4 is 15.8 Å². The van der Waals surface area contributed by atoms with Gasteiger partial charge in [-0.2, -0.15) is 0 Å². The van der Waals surface area contributed by atoms with Gasteiger partial charge in [-0.3, -0.25) is 4.79 Å². The van der Waals surface area contributed by atoms with Gasteiger partial charge in [0.1, 0.15) is 5.75 Å². The van der Waals surface area contributed by atoms with Gasteiger partial charge in [-0.05, 0) is 48.7 Å². The molecule has 0 heterocycles. The second-order valence-electron chi connectivity index (χ2n) is 6.33. The molecule has 0 spiro atoms. The Kier molecular flexibility index (Phi) is 8.41. The lowest BCUT2D eigenvalue weighted by Crippen LogP contribution is -2.40. The van der Waals surface area contributed by atoms with Crippen LogP contribution in [0.1, 0.15) is 36.6 Å². The number of nitrogens with one attached hydrogen (secondary N) is 1. The van der Waals surface area contributed by atoms with Gasteiger partial charge in [0.2, 0.25) is 5.91 Å². The van der Waals surface area contributed by atoms with Crippen molar-refractivity contribution in [1.29, 1.82) is 0 Å². The topological polar surface area (TPSA) is 64.3 Å². The van der Waals surface area contributed by atoms with Crippen molar-refractivity contribution in [1.82, 2.24) is 5.32 Å². The maximum atomic E-state index is 12.6. The van der Waals surface area contributed by atoms with Crippen LogP contribution in [0.3, 0.4) is 0 Å². The molecule has 0 radical (unpaired) electrons. The van der Waals surface area contributed by atoms with Crippen molar-refractivity contribution < 1.29 is 9.53 Å². The monoisotopic (exact) mass is 396 g/mol. The lowest BCUT2D eigenvalue weighted by atomic mass is 9.93. The van der Waals surface area contributed by atoms with E-state index in [4.69, 9.17) is 22.1 Å². The summed E-state index contributed by atoms with van der Waals surface area (Å²) in [6.45, 7) is 5.64. The fourth-order valence-corrected chi connectivity index (χ4v) is 2.89. The minimum atomic E-state index is -0.353. The van der Waals surface area contributed by atoms with Crippen molar-refractivity contribution in [2.75, 3.05) is 7.11 Å². The second kappa shape index (κ2) is 9.81. The highest BCUT2D eigenvalue weighted by Gasteiger charge is 2.25. The van der Waals surface area contributed by atoms with E-state index in [1.54, 1.807) is 7.11 Å². The zero-order chi connectivity index (χ0) is 18.6. The first-order valence-corrected chi connectivity index (χ1v) is 8.67. The fraction of sp³-hybridized carbons (Fsp3) is 0.350. The quantitative estimate of drug-likeness (QED) is 0.765. The van der Waals surface area contributed by atoms with Crippen LogP contribution in [-0.4, -0.2) is 19.1 Å². The first-order valence-electron chi connectivity index (χ1n) is 8.30. The predicted molar refractivity (Wildman–Crippen MR) is 109 cm³/mol. The minimum absolute atomic E-state index is 0. The number of hydrogen-bond donors (Lipinski definition) is 2. The summed E-state index contributed by atoms with van der Waals surface area (Å²) >= 11 is 6.40. The molecule has 0 saturated carbocycles. The molecule has 26 heavy (non-hydrogen) atoms. The normalized spacial score (nSPS) is 13.9. The SMILES string of the molecule is COc1ccc(C(NC(=O)C(C)C(C)N)c2ccccc2Cl)c(C)c1.Cl. The molecule has 142 valence electrons. The second-order valence-corrected chi connectivity index (χ2v) is 6.74. The standard InChI is InChI=1S/C20H25ClN2O2.ClH/c1-12-11-15(25-4)9-10-16(12)19(17-7-5-6-8-18(17)21)23-20(24)13(2)14(3)22;/h5-11,13-14,19H,22H2,1-4H3,(H,23,24);1H. The number of amides is 1. The number of carbonyl (C=O) groups is 1. The predicted octanol–water partition coefficient (Wildman–Crippen LogP) is 4.27. The first kappa shape index (κ1) is 22.3. The van der Waals surface area contributed by atoms with Crippen LogP contribution in [0.15, 0.2) is 42.5 Å². The molecule has 3 atom stereocenters. The van der Waals surface area contributed by atoms with Crippen molar-refractivity contribution in [2.45, 2.75) is 32.9 Å². The third-order valence-electron chi connectivity index (χ3n) is 4.49. The summed E-state index contributed by atoms with van der Waals surface area (Å²) in [5, 5.41) is 3.71. The number of methoxy groups -OCH3 is 1. The highest BCUT2D eigenvalue weighted by atomic mass is 35.5. The van der Waals surface area contributed by atoms with Crippen LogP contribution in [-0.2, 0) is 4.79 Å². The van der Waals surface area contributed by atoms with E-state index < -0.39 is 0 Å². The molecule has 0 fully saturated rings. The summed E-state index contributed by atoms with van der Waals surface area (Å²) in [6.07, 6.45) is 0. The maximum absolute atomic E-state index is 12.6. The van der Waals surface area contributed by atoms with Gasteiger partial charge in [0.05, 0.1) is 13.2 Å². The molecule has 0 aliphatic heterocycles. The number of carbonyl (C=O) groups excluding carboxylic acids is 1. The highest BCUT2D eigenvalue weighted by Crippen LogP contribution is 2.32. The average Bonchev–Trinajstić information content (AvgIpc) is 2.59. The van der Waals surface area contributed by atoms with Gasteiger partial charge in [0.25, 0.3) is 0 Å². The Balaban J connectivity index is 0.00000338. The number of benzene rings is 2. The third kappa shape index (κ3) is 5.13. The molecule has 4 nitrogen and oxygen atoms in total. The van der Waals surface area contributed by atoms with Gasteiger partial charge in [-0.25, -0.2) is 0 Å². The Morgan fingerprint density at radius 2 is 1.81 bits per heavy atom. The van der Waals surface area contributed by atoms with E-state index in [0.29, 0.717) is 5.02 Å². The van der Waals surface area contributed by atoms with Crippen LogP contribution in [0.4, 0.5) is 0 Å². The van der Waals surface area contributed by atoms with Crippen LogP contribution in [0.2, 0.25) is 5.02 Å². The summed E-state index contributed by atoms with van der Waals surface area (Å²) in [4.78, 5) is 12.6. The van der Waals surface area contributed by atoms with Gasteiger partial charge in [0.15, 0.2) is 0 Å². The molecule has 6 heteroatoms. The molecule has 0 saturated heterocycles. The van der Waals surface area contributed by atoms with Crippen molar-refractivity contribution in [3.8, 4) is 5.75 Å². The molecule has 2 rings (SSSR count). The number of hydrogen-bond acceptors (Lipinski definition) is 3. The third-order valence-corrected chi connectivity index (χ3v) is 4.84. The molecule has 1 amide bonds. The Morgan fingerprint density at radius 3 is 2.35 bits per heavy atom. The smallest absolute Gasteiger partial charge is 0.225 e. The zero-order valence-corrected chi connectivity index (χ0v) is 17.0. The highest BCUT2D eigenvalue weighted by molar-refractivity contribution is 6.31. The summed E-state index contributed by atoms with van der Waals surface area (Å²) in [5.74, 6) is 0.369. The van der Waals surface area contributed by atoms with E-state index in [9.17, 15) is 4.79 Å². The van der Waals surface area contributed by atoms with E-state index in [-0.39, 0.29) is 36.3 Å². The number of rotatable bonds is 6. The van der Waals surface area contributed by atoms with Crippen molar-refractivity contribution in [2.24, 2.45) is 11.7 Å². The van der Waals surface area contributed by atoms with Gasteiger partial charge in [-0.15, -0.1) is 12.4 Å². The van der Waals surface area contributed by atoms with Crippen LogP contribution in [0.25, 0.3) is 0 Å². The van der Waals surface area contributed by atoms with Crippen molar-refractivity contribution in [3.05, 3.63) is 64.2 Å². The van der Waals surface area contributed by atoms with Crippen molar-refractivity contribution >= 4 is 29.9 Å². The molecule has 3 N–H and O–H groups in total. The molecule has 0 bridgehead atoms. The van der Waals surface area contributed by atoms with E-state index in [0.717, 1.165) is 22.4 Å². The van der Waals surface area contributed by atoms with Crippen LogP contribution >= 0.6 is 24.0 Å².